The van der Waals surface area contributed by atoms with E-state index in [0.29, 0.717) is 18.2 Å². The Hall–Kier alpha value is -0.290. The van der Waals surface area contributed by atoms with E-state index in [4.69, 9.17) is 33.0 Å². The Morgan fingerprint density at radius 1 is 1.59 bits per heavy atom. The molecule has 17 heavy (non-hydrogen) atoms. The Bertz CT molecular complexity index is 296. The van der Waals surface area contributed by atoms with Crippen LogP contribution in [-0.4, -0.2) is 48.3 Å². The van der Waals surface area contributed by atoms with Crippen molar-refractivity contribution in [3.8, 4) is 0 Å². The summed E-state index contributed by atoms with van der Waals surface area (Å²) < 4.78 is 5.26. The van der Waals surface area contributed by atoms with Gasteiger partial charge in [-0.15, -0.1) is 0 Å². The topological polar surface area (TPSA) is 49.8 Å². The third kappa shape index (κ3) is 4.14. The maximum Gasteiger partial charge on any atom is 0.310 e. The zero-order valence-corrected chi connectivity index (χ0v) is 11.2. The maximum absolute atomic E-state index is 11.1. The molecule has 0 spiro atoms. The van der Waals surface area contributed by atoms with E-state index in [-0.39, 0.29) is 12.6 Å². The molecule has 0 aliphatic carbocycles. The van der Waals surface area contributed by atoms with Crippen molar-refractivity contribution in [2.24, 2.45) is 5.92 Å². The number of nitrogens with zero attached hydrogens (tertiary/aromatic N) is 1. The van der Waals surface area contributed by atoms with E-state index in [1.807, 2.05) is 11.8 Å². The Morgan fingerprint density at radius 3 is 2.82 bits per heavy atom. The van der Waals surface area contributed by atoms with Crippen LogP contribution in [0.2, 0.25) is 0 Å². The highest BCUT2D eigenvalue weighted by Crippen LogP contribution is 2.22. The molecule has 1 fully saturated rings. The van der Waals surface area contributed by atoms with Gasteiger partial charge in [-0.3, -0.25) is 9.69 Å². The molecular formula is C11H17Cl2NO3. The molecule has 0 aromatic rings. The molecule has 0 bridgehead atoms. The number of rotatable bonds is 6. The van der Waals surface area contributed by atoms with E-state index in [2.05, 4.69) is 0 Å². The van der Waals surface area contributed by atoms with Crippen molar-refractivity contribution in [2.45, 2.75) is 19.4 Å². The monoisotopic (exact) mass is 281 g/mol. The van der Waals surface area contributed by atoms with Gasteiger partial charge in [-0.05, 0) is 13.0 Å². The summed E-state index contributed by atoms with van der Waals surface area (Å²) in [7, 11) is 0. The van der Waals surface area contributed by atoms with Crippen molar-refractivity contribution in [1.29, 1.82) is 0 Å². The molecule has 0 aromatic carbocycles. The van der Waals surface area contributed by atoms with Gasteiger partial charge in [-0.1, -0.05) is 30.1 Å². The lowest BCUT2D eigenvalue weighted by atomic mass is 10.0. The lowest BCUT2D eigenvalue weighted by molar-refractivity contribution is -0.143. The van der Waals surface area contributed by atoms with Crippen LogP contribution in [0.5, 0.6) is 0 Å². The first-order valence-corrected chi connectivity index (χ1v) is 6.41. The van der Waals surface area contributed by atoms with Gasteiger partial charge >= 0.3 is 5.97 Å². The van der Waals surface area contributed by atoms with Gasteiger partial charge in [-0.25, -0.2) is 0 Å². The highest BCUT2D eigenvalue weighted by Gasteiger charge is 2.37. The molecule has 98 valence electrons. The number of carbonyl (C=O) groups is 1. The van der Waals surface area contributed by atoms with Crippen molar-refractivity contribution in [3.05, 3.63) is 10.6 Å². The molecule has 0 saturated carbocycles. The highest BCUT2D eigenvalue weighted by atomic mass is 35.5. The number of hydrogen-bond donors (Lipinski definition) is 1. The molecule has 1 aliphatic rings. The summed E-state index contributed by atoms with van der Waals surface area (Å²) in [5, 5.41) is 9.62. The van der Waals surface area contributed by atoms with E-state index in [1.165, 1.54) is 5.54 Å². The fourth-order valence-electron chi connectivity index (χ4n) is 2.02. The molecule has 1 rings (SSSR count). The highest BCUT2D eigenvalue weighted by molar-refractivity contribution is 6.36. The van der Waals surface area contributed by atoms with Crippen molar-refractivity contribution in [1.82, 2.24) is 4.90 Å². The Kier molecular flexibility index (Phi) is 6.27. The zero-order valence-electron chi connectivity index (χ0n) is 9.73. The van der Waals surface area contributed by atoms with Gasteiger partial charge in [0.1, 0.15) is 0 Å². The minimum atomic E-state index is -0.820. The van der Waals surface area contributed by atoms with Crippen molar-refractivity contribution in [2.75, 3.05) is 26.3 Å². The molecule has 1 N–H and O–H groups in total. The summed E-state index contributed by atoms with van der Waals surface area (Å²) in [5.41, 5.74) is 1.32. The van der Waals surface area contributed by atoms with Crippen LogP contribution in [0.1, 0.15) is 13.3 Å². The number of carboxylic acid groups (broad SMARTS) is 1. The van der Waals surface area contributed by atoms with Gasteiger partial charge in [0.15, 0.2) is 0 Å². The Balaban J connectivity index is 2.71. The van der Waals surface area contributed by atoms with Crippen molar-refractivity contribution >= 4 is 29.2 Å². The summed E-state index contributed by atoms with van der Waals surface area (Å²) in [4.78, 5) is 13.1. The van der Waals surface area contributed by atoms with Crippen LogP contribution in [-0.2, 0) is 9.53 Å². The zero-order chi connectivity index (χ0) is 12.8. The number of ether oxygens (including phenoxy) is 1. The largest absolute Gasteiger partial charge is 0.481 e. The van der Waals surface area contributed by atoms with Gasteiger partial charge in [-0.2, -0.15) is 0 Å². The molecule has 2 unspecified atom stereocenters. The molecule has 4 nitrogen and oxygen atoms in total. The van der Waals surface area contributed by atoms with Crippen molar-refractivity contribution in [3.63, 3.8) is 0 Å². The normalized spacial score (nSPS) is 25.5. The average Bonchev–Trinajstić information content (AvgIpc) is 2.77. The predicted octanol–water partition coefficient (Wildman–Crippen LogP) is 2.12. The number of halogens is 2. The summed E-state index contributed by atoms with van der Waals surface area (Å²) in [6.07, 6.45) is 0.926. The van der Waals surface area contributed by atoms with E-state index in [9.17, 15) is 4.79 Å². The van der Waals surface area contributed by atoms with E-state index in [1.54, 1.807) is 0 Å². The molecule has 6 heteroatoms. The first-order chi connectivity index (χ1) is 8.10. The predicted molar refractivity (Wildman–Crippen MR) is 67.4 cm³/mol. The van der Waals surface area contributed by atoms with Gasteiger partial charge in [0.25, 0.3) is 0 Å². The molecule has 1 aliphatic heterocycles. The van der Waals surface area contributed by atoms with Gasteiger partial charge in [0.05, 0.1) is 19.1 Å². The second-order valence-electron chi connectivity index (χ2n) is 4.08. The fourth-order valence-corrected chi connectivity index (χ4v) is 2.24. The molecule has 2 atom stereocenters. The molecular weight excluding hydrogens is 265 g/mol. The lowest BCUT2D eigenvalue weighted by Crippen LogP contribution is -2.44. The third-order valence-corrected chi connectivity index (χ3v) is 3.42. The minimum absolute atomic E-state index is 0.127. The molecule has 0 radical (unpaired) electrons. The van der Waals surface area contributed by atoms with Crippen LogP contribution >= 0.6 is 23.2 Å². The van der Waals surface area contributed by atoms with Gasteiger partial charge in [0.2, 0.25) is 0 Å². The van der Waals surface area contributed by atoms with Crippen LogP contribution in [0.15, 0.2) is 10.6 Å². The number of carboxylic acids is 1. The Labute approximate surface area is 111 Å². The smallest absolute Gasteiger partial charge is 0.310 e. The average molecular weight is 282 g/mol. The number of hydrogen-bond acceptors (Lipinski definition) is 3. The fraction of sp³-hybridized carbons (Fsp3) is 0.727. The van der Waals surface area contributed by atoms with Crippen LogP contribution in [0.25, 0.3) is 0 Å². The minimum Gasteiger partial charge on any atom is -0.481 e. The molecule has 0 amide bonds. The summed E-state index contributed by atoms with van der Waals surface area (Å²) >= 11 is 11.4. The van der Waals surface area contributed by atoms with Crippen LogP contribution in [0.3, 0.4) is 0 Å². The van der Waals surface area contributed by atoms with Gasteiger partial charge in [0, 0.05) is 23.2 Å². The maximum atomic E-state index is 11.1. The SMILES string of the molecule is CCCN(CC(Cl)=CCl)C1COCC1C(=O)O. The van der Waals surface area contributed by atoms with E-state index >= 15 is 0 Å². The van der Waals surface area contributed by atoms with Crippen LogP contribution in [0, 0.1) is 5.92 Å². The molecule has 1 heterocycles. The molecule has 0 aromatic heterocycles. The standard InChI is InChI=1S/C11H17Cl2NO3/c1-2-3-14(5-8(13)4-12)10-7-17-6-9(10)11(15)16/h4,9-10H,2-3,5-7H2,1H3,(H,15,16). The van der Waals surface area contributed by atoms with Crippen LogP contribution in [0.4, 0.5) is 0 Å². The van der Waals surface area contributed by atoms with Crippen molar-refractivity contribution < 1.29 is 14.6 Å². The summed E-state index contributed by atoms with van der Waals surface area (Å²) in [5.74, 6) is -1.30. The second kappa shape index (κ2) is 7.21. The Morgan fingerprint density at radius 2 is 2.29 bits per heavy atom. The van der Waals surface area contributed by atoms with Gasteiger partial charge < -0.3 is 9.84 Å². The summed E-state index contributed by atoms with van der Waals surface area (Å²) in [6.45, 7) is 3.98. The third-order valence-electron chi connectivity index (χ3n) is 2.82. The molecule has 1 saturated heterocycles. The second-order valence-corrected chi connectivity index (χ2v) is 4.78. The lowest BCUT2D eigenvalue weighted by Gasteiger charge is -2.29. The number of aliphatic carboxylic acids is 1. The first-order valence-electron chi connectivity index (χ1n) is 5.59. The van der Waals surface area contributed by atoms with E-state index < -0.39 is 11.9 Å². The van der Waals surface area contributed by atoms with E-state index in [0.717, 1.165) is 13.0 Å². The quantitative estimate of drug-likeness (QED) is 0.810. The first kappa shape index (κ1) is 14.8. The van der Waals surface area contributed by atoms with Crippen LogP contribution < -0.4 is 0 Å². The summed E-state index contributed by atoms with van der Waals surface area (Å²) in [6, 6.07) is -0.127.